The Morgan fingerprint density at radius 1 is 1.06 bits per heavy atom. The first kappa shape index (κ1) is 27.2. The van der Waals surface area contributed by atoms with Gasteiger partial charge in [0.15, 0.2) is 0 Å². The van der Waals surface area contributed by atoms with Crippen molar-refractivity contribution in [1.29, 1.82) is 0 Å². The number of hydrogen-bond donors (Lipinski definition) is 1. The molecule has 8 nitrogen and oxygen atoms in total. The van der Waals surface area contributed by atoms with Crippen LogP contribution in [0.15, 0.2) is 42.5 Å². The number of nitrogens with zero attached hydrogens (tertiary/aromatic N) is 2. The van der Waals surface area contributed by atoms with E-state index in [1.807, 2.05) is 45.0 Å². The van der Waals surface area contributed by atoms with Gasteiger partial charge in [0.25, 0.3) is 0 Å². The van der Waals surface area contributed by atoms with Crippen LogP contribution in [0.3, 0.4) is 0 Å². The molecule has 186 valence electrons. The SMILES string of the molecule is CCCNC(=O)[C@H](C)N(Cc1ccc(C)cc1)C(=O)CN(c1cc(C)ccc1OC)S(C)(=O)=O. The number of anilines is 1. The van der Waals surface area contributed by atoms with Crippen LogP contribution < -0.4 is 14.4 Å². The summed E-state index contributed by atoms with van der Waals surface area (Å²) in [7, 11) is -2.38. The number of ether oxygens (including phenoxy) is 1. The highest BCUT2D eigenvalue weighted by molar-refractivity contribution is 7.92. The second kappa shape index (κ2) is 11.9. The number of aryl methyl sites for hydroxylation is 2. The monoisotopic (exact) mass is 489 g/mol. The molecule has 0 unspecified atom stereocenters. The molecule has 0 bridgehead atoms. The Bertz CT molecular complexity index is 1100. The van der Waals surface area contributed by atoms with Gasteiger partial charge in [-0.25, -0.2) is 8.42 Å². The predicted octanol–water partition coefficient (Wildman–Crippen LogP) is 3.02. The molecule has 0 heterocycles. The molecule has 2 aromatic rings. The standard InChI is InChI=1S/C25H35N3O5S/c1-7-14-26-25(30)20(4)27(16-21-11-8-18(2)9-12-21)24(29)17-28(34(6,31)32)22-15-19(3)10-13-23(22)33-5/h8-13,15,20H,7,14,16-17H2,1-6H3,(H,26,30)/t20-/m0/s1. The van der Waals surface area contributed by atoms with Gasteiger partial charge in [0, 0.05) is 13.1 Å². The first-order valence-corrected chi connectivity index (χ1v) is 13.1. The Labute approximate surface area is 202 Å². The number of amides is 2. The van der Waals surface area contributed by atoms with Gasteiger partial charge in [-0.2, -0.15) is 0 Å². The van der Waals surface area contributed by atoms with E-state index in [1.54, 1.807) is 25.1 Å². The summed E-state index contributed by atoms with van der Waals surface area (Å²) < 4.78 is 31.8. The van der Waals surface area contributed by atoms with Crippen LogP contribution in [0.2, 0.25) is 0 Å². The third-order valence-corrected chi connectivity index (χ3v) is 6.60. The number of hydrogen-bond acceptors (Lipinski definition) is 5. The quantitative estimate of drug-likeness (QED) is 0.523. The van der Waals surface area contributed by atoms with Gasteiger partial charge in [-0.3, -0.25) is 13.9 Å². The van der Waals surface area contributed by atoms with Crippen molar-refractivity contribution in [2.45, 2.75) is 46.7 Å². The van der Waals surface area contributed by atoms with E-state index < -0.39 is 28.5 Å². The third kappa shape index (κ3) is 7.21. The zero-order valence-electron chi connectivity index (χ0n) is 20.8. The predicted molar refractivity (Wildman–Crippen MR) is 134 cm³/mol. The van der Waals surface area contributed by atoms with E-state index >= 15 is 0 Å². The van der Waals surface area contributed by atoms with Gasteiger partial charge in [0.1, 0.15) is 18.3 Å². The number of rotatable bonds is 11. The molecule has 0 aliphatic rings. The lowest BCUT2D eigenvalue weighted by Gasteiger charge is -2.32. The fourth-order valence-electron chi connectivity index (χ4n) is 3.46. The van der Waals surface area contributed by atoms with Crippen LogP contribution in [0.25, 0.3) is 0 Å². The van der Waals surface area contributed by atoms with Gasteiger partial charge in [-0.05, 0) is 50.5 Å². The molecule has 0 saturated heterocycles. The van der Waals surface area contributed by atoms with Crippen LogP contribution in [0.5, 0.6) is 5.75 Å². The number of carbonyl (C=O) groups is 2. The van der Waals surface area contributed by atoms with Gasteiger partial charge in [-0.1, -0.05) is 42.8 Å². The highest BCUT2D eigenvalue weighted by atomic mass is 32.2. The lowest BCUT2D eigenvalue weighted by molar-refractivity contribution is -0.139. The summed E-state index contributed by atoms with van der Waals surface area (Å²) in [6.07, 6.45) is 1.81. The molecule has 2 rings (SSSR count). The molecule has 0 fully saturated rings. The number of sulfonamides is 1. The van der Waals surface area contributed by atoms with Gasteiger partial charge in [0.2, 0.25) is 21.8 Å². The van der Waals surface area contributed by atoms with Crippen LogP contribution in [0, 0.1) is 13.8 Å². The minimum atomic E-state index is -3.83. The van der Waals surface area contributed by atoms with E-state index in [0.29, 0.717) is 12.3 Å². The Morgan fingerprint density at radius 2 is 1.68 bits per heavy atom. The molecule has 0 spiro atoms. The van der Waals surface area contributed by atoms with E-state index in [9.17, 15) is 18.0 Å². The molecule has 0 saturated carbocycles. The van der Waals surface area contributed by atoms with Crippen LogP contribution in [0.1, 0.15) is 37.0 Å². The van der Waals surface area contributed by atoms with Crippen molar-refractivity contribution in [3.8, 4) is 5.75 Å². The lowest BCUT2D eigenvalue weighted by Crippen LogP contribution is -2.51. The fraction of sp³-hybridized carbons (Fsp3) is 0.440. The Morgan fingerprint density at radius 3 is 2.24 bits per heavy atom. The minimum absolute atomic E-state index is 0.169. The van der Waals surface area contributed by atoms with Gasteiger partial charge in [-0.15, -0.1) is 0 Å². The van der Waals surface area contributed by atoms with Crippen molar-refractivity contribution in [1.82, 2.24) is 10.2 Å². The maximum Gasteiger partial charge on any atom is 0.244 e. The highest BCUT2D eigenvalue weighted by Crippen LogP contribution is 2.31. The molecule has 34 heavy (non-hydrogen) atoms. The Kier molecular flexibility index (Phi) is 9.49. The lowest BCUT2D eigenvalue weighted by atomic mass is 10.1. The molecular weight excluding hydrogens is 454 g/mol. The zero-order valence-corrected chi connectivity index (χ0v) is 21.6. The molecule has 0 aromatic heterocycles. The molecule has 0 aliphatic carbocycles. The average molecular weight is 490 g/mol. The number of nitrogens with one attached hydrogen (secondary N) is 1. The summed E-state index contributed by atoms with van der Waals surface area (Å²) in [6.45, 7) is 7.58. The van der Waals surface area contributed by atoms with Crippen LogP contribution >= 0.6 is 0 Å². The third-order valence-electron chi connectivity index (χ3n) is 5.47. The first-order chi connectivity index (χ1) is 16.0. The van der Waals surface area contributed by atoms with E-state index in [4.69, 9.17) is 4.74 Å². The molecule has 9 heteroatoms. The summed E-state index contributed by atoms with van der Waals surface area (Å²) >= 11 is 0. The molecule has 1 atom stereocenters. The van der Waals surface area contributed by atoms with E-state index in [2.05, 4.69) is 5.32 Å². The van der Waals surface area contributed by atoms with Crippen LogP contribution in [-0.4, -0.2) is 57.6 Å². The number of carbonyl (C=O) groups excluding carboxylic acids is 2. The molecule has 2 aromatic carbocycles. The first-order valence-electron chi connectivity index (χ1n) is 11.2. The van der Waals surface area contributed by atoms with Crippen LogP contribution in [-0.2, 0) is 26.2 Å². The van der Waals surface area contributed by atoms with Crippen molar-refractivity contribution in [3.05, 3.63) is 59.2 Å². The van der Waals surface area contributed by atoms with E-state index in [1.165, 1.54) is 12.0 Å². The molecule has 1 N–H and O–H groups in total. The molecule has 2 amide bonds. The summed E-state index contributed by atoms with van der Waals surface area (Å²) in [4.78, 5) is 27.7. The highest BCUT2D eigenvalue weighted by Gasteiger charge is 2.31. The molecule has 0 aliphatic heterocycles. The van der Waals surface area contributed by atoms with Crippen molar-refractivity contribution >= 4 is 27.5 Å². The van der Waals surface area contributed by atoms with Crippen molar-refractivity contribution in [3.63, 3.8) is 0 Å². The summed E-state index contributed by atoms with van der Waals surface area (Å²) in [5.74, 6) is -0.447. The average Bonchev–Trinajstić information content (AvgIpc) is 2.79. The van der Waals surface area contributed by atoms with Crippen molar-refractivity contribution in [2.24, 2.45) is 0 Å². The summed E-state index contributed by atoms with van der Waals surface area (Å²) in [6, 6.07) is 12.0. The second-order valence-electron chi connectivity index (χ2n) is 8.42. The van der Waals surface area contributed by atoms with Gasteiger partial charge >= 0.3 is 0 Å². The zero-order chi connectivity index (χ0) is 25.5. The summed E-state index contributed by atoms with van der Waals surface area (Å²) in [5, 5.41) is 2.82. The smallest absolute Gasteiger partial charge is 0.244 e. The molecular formula is C25H35N3O5S. The molecule has 0 radical (unpaired) electrons. The van der Waals surface area contributed by atoms with Gasteiger partial charge in [0.05, 0.1) is 19.1 Å². The minimum Gasteiger partial charge on any atom is -0.495 e. The Hall–Kier alpha value is -3.07. The normalized spacial score (nSPS) is 12.1. The van der Waals surface area contributed by atoms with Crippen molar-refractivity contribution < 1.29 is 22.7 Å². The maximum absolute atomic E-state index is 13.5. The number of benzene rings is 2. The van der Waals surface area contributed by atoms with E-state index in [0.717, 1.165) is 33.7 Å². The Balaban J connectivity index is 2.43. The number of methoxy groups -OCH3 is 1. The largest absolute Gasteiger partial charge is 0.495 e. The van der Waals surface area contributed by atoms with Crippen molar-refractivity contribution in [2.75, 3.05) is 30.8 Å². The topological polar surface area (TPSA) is 96.0 Å². The summed E-state index contributed by atoms with van der Waals surface area (Å²) in [5.41, 5.74) is 3.01. The fourth-order valence-corrected chi connectivity index (χ4v) is 4.30. The van der Waals surface area contributed by atoms with E-state index in [-0.39, 0.29) is 18.1 Å². The van der Waals surface area contributed by atoms with Gasteiger partial charge < -0.3 is 15.0 Å². The van der Waals surface area contributed by atoms with Crippen LogP contribution in [0.4, 0.5) is 5.69 Å². The maximum atomic E-state index is 13.5. The second-order valence-corrected chi connectivity index (χ2v) is 10.3.